The number of rotatable bonds is 5. The van der Waals surface area contributed by atoms with Crippen molar-refractivity contribution in [1.29, 1.82) is 0 Å². The van der Waals surface area contributed by atoms with Gasteiger partial charge in [0.15, 0.2) is 0 Å². The first kappa shape index (κ1) is 9.05. The Labute approximate surface area is 61.5 Å². The Hall–Kier alpha value is 0.0500. The smallest absolute Gasteiger partial charge is 0.0633 e. The van der Waals surface area contributed by atoms with E-state index >= 15 is 0 Å². The summed E-state index contributed by atoms with van der Waals surface area (Å²) in [4.78, 5) is 0. The zero-order valence-electron chi connectivity index (χ0n) is 6.09. The molecule has 0 aliphatic carbocycles. The number of ether oxygens (including phenoxy) is 1. The average molecular weight is 146 g/mol. The highest BCUT2D eigenvalue weighted by atomic mass is 32.2. The molecule has 54 valence electrons. The van der Waals surface area contributed by atoms with E-state index in [-0.39, 0.29) is 0 Å². The van der Waals surface area contributed by atoms with Crippen molar-refractivity contribution in [3.63, 3.8) is 0 Å². The highest BCUT2D eigenvalue weighted by Gasteiger charge is 1.95. The highest BCUT2D eigenvalue weighted by Crippen LogP contribution is 2.03. The molecule has 0 N–H and O–H groups in total. The van der Waals surface area contributed by atoms with E-state index in [0.29, 0.717) is 6.10 Å². The number of hydrogen-bond donors (Lipinski definition) is 0. The van der Waals surface area contributed by atoms with Gasteiger partial charge >= 0.3 is 0 Å². The second kappa shape index (κ2) is 6.17. The van der Waals surface area contributed by atoms with E-state index in [0.717, 1.165) is 11.5 Å². The Morgan fingerprint density at radius 2 is 2.44 bits per heavy atom. The van der Waals surface area contributed by atoms with E-state index in [1.165, 1.54) is 0 Å². The highest BCUT2D eigenvalue weighted by molar-refractivity contribution is 7.99. The monoisotopic (exact) mass is 146 g/mol. The molecule has 0 amide bonds. The van der Waals surface area contributed by atoms with Crippen LogP contribution < -0.4 is 0 Å². The minimum absolute atomic E-state index is 0.370. The van der Waals surface area contributed by atoms with Crippen LogP contribution in [0.4, 0.5) is 0 Å². The van der Waals surface area contributed by atoms with Gasteiger partial charge in [-0.15, -0.1) is 6.58 Å². The van der Waals surface area contributed by atoms with E-state index < -0.39 is 0 Å². The van der Waals surface area contributed by atoms with Gasteiger partial charge in [-0.1, -0.05) is 6.08 Å². The summed E-state index contributed by atoms with van der Waals surface area (Å²) in [6.45, 7) is 5.69. The van der Waals surface area contributed by atoms with Crippen molar-refractivity contribution in [2.45, 2.75) is 13.0 Å². The summed E-state index contributed by atoms with van der Waals surface area (Å²) < 4.78 is 5.04. The van der Waals surface area contributed by atoms with Crippen LogP contribution in [-0.4, -0.2) is 24.7 Å². The summed E-state index contributed by atoms with van der Waals surface area (Å²) in [7, 11) is 1.74. The van der Waals surface area contributed by atoms with E-state index in [2.05, 4.69) is 13.5 Å². The first-order valence-corrected chi connectivity index (χ1v) is 4.18. The van der Waals surface area contributed by atoms with Crippen LogP contribution in [0.25, 0.3) is 0 Å². The lowest BCUT2D eigenvalue weighted by molar-refractivity contribution is 0.138. The van der Waals surface area contributed by atoms with E-state index in [4.69, 9.17) is 4.74 Å². The van der Waals surface area contributed by atoms with Crippen LogP contribution in [0.2, 0.25) is 0 Å². The van der Waals surface area contributed by atoms with Crippen molar-refractivity contribution in [1.82, 2.24) is 0 Å². The van der Waals surface area contributed by atoms with Gasteiger partial charge in [-0.25, -0.2) is 0 Å². The summed E-state index contributed by atoms with van der Waals surface area (Å²) in [6, 6.07) is 0. The summed E-state index contributed by atoms with van der Waals surface area (Å²) >= 11 is 1.84. The largest absolute Gasteiger partial charge is 0.381 e. The second-order valence-corrected chi connectivity index (χ2v) is 2.95. The Morgan fingerprint density at radius 1 is 1.78 bits per heavy atom. The topological polar surface area (TPSA) is 9.23 Å². The SMILES string of the molecule is C=CCSCC(C)OC. The molecule has 0 fully saturated rings. The Kier molecular flexibility index (Phi) is 6.21. The van der Waals surface area contributed by atoms with Gasteiger partial charge < -0.3 is 4.74 Å². The fourth-order valence-electron chi connectivity index (χ4n) is 0.385. The third-order valence-electron chi connectivity index (χ3n) is 0.991. The van der Waals surface area contributed by atoms with E-state index in [1.807, 2.05) is 17.8 Å². The number of methoxy groups -OCH3 is 1. The fourth-order valence-corrected chi connectivity index (χ4v) is 1.16. The Bertz CT molecular complexity index is 73.3. The molecule has 0 aromatic heterocycles. The van der Waals surface area contributed by atoms with Crippen molar-refractivity contribution in [2.24, 2.45) is 0 Å². The molecule has 0 saturated heterocycles. The molecule has 0 aromatic rings. The predicted octanol–water partition coefficient (Wildman–Crippen LogP) is 1.94. The zero-order valence-corrected chi connectivity index (χ0v) is 6.91. The van der Waals surface area contributed by atoms with Gasteiger partial charge in [-0.05, 0) is 6.92 Å². The molecular weight excluding hydrogens is 132 g/mol. The lowest BCUT2D eigenvalue weighted by Crippen LogP contribution is -2.07. The first-order valence-electron chi connectivity index (χ1n) is 3.02. The summed E-state index contributed by atoms with van der Waals surface area (Å²) in [6.07, 6.45) is 2.28. The van der Waals surface area contributed by atoms with Crippen molar-refractivity contribution < 1.29 is 4.74 Å². The van der Waals surface area contributed by atoms with Gasteiger partial charge in [0, 0.05) is 18.6 Å². The van der Waals surface area contributed by atoms with Gasteiger partial charge in [0.1, 0.15) is 0 Å². The molecule has 0 aliphatic rings. The molecular formula is C7H14OS. The van der Waals surface area contributed by atoms with Crippen molar-refractivity contribution in [3.8, 4) is 0 Å². The Morgan fingerprint density at radius 3 is 2.89 bits per heavy atom. The van der Waals surface area contributed by atoms with Gasteiger partial charge in [0.05, 0.1) is 6.10 Å². The maximum absolute atomic E-state index is 5.04. The summed E-state index contributed by atoms with van der Waals surface area (Å²) in [5, 5.41) is 0. The van der Waals surface area contributed by atoms with Crippen LogP contribution in [0.5, 0.6) is 0 Å². The molecule has 1 atom stereocenters. The molecule has 9 heavy (non-hydrogen) atoms. The van der Waals surface area contributed by atoms with Gasteiger partial charge in [-0.2, -0.15) is 11.8 Å². The van der Waals surface area contributed by atoms with E-state index in [9.17, 15) is 0 Å². The molecule has 0 rings (SSSR count). The third-order valence-corrected chi connectivity index (χ3v) is 2.17. The molecule has 0 spiro atoms. The molecule has 0 saturated carbocycles. The average Bonchev–Trinajstić information content (AvgIpc) is 1.89. The van der Waals surface area contributed by atoms with Gasteiger partial charge in [0.2, 0.25) is 0 Å². The Balaban J connectivity index is 2.96. The van der Waals surface area contributed by atoms with Crippen LogP contribution in [-0.2, 0) is 4.74 Å². The summed E-state index contributed by atoms with van der Waals surface area (Å²) in [5.41, 5.74) is 0. The predicted molar refractivity (Wildman–Crippen MR) is 44.0 cm³/mol. The molecule has 0 bridgehead atoms. The molecule has 1 unspecified atom stereocenters. The number of hydrogen-bond acceptors (Lipinski definition) is 2. The number of thioether (sulfide) groups is 1. The quantitative estimate of drug-likeness (QED) is 0.433. The normalized spacial score (nSPS) is 13.1. The third kappa shape index (κ3) is 5.93. The van der Waals surface area contributed by atoms with Crippen molar-refractivity contribution in [2.75, 3.05) is 18.6 Å². The molecule has 0 radical (unpaired) electrons. The van der Waals surface area contributed by atoms with Crippen LogP contribution in [0.15, 0.2) is 12.7 Å². The maximum Gasteiger partial charge on any atom is 0.0633 e. The second-order valence-electron chi connectivity index (χ2n) is 1.87. The maximum atomic E-state index is 5.04. The first-order chi connectivity index (χ1) is 4.31. The van der Waals surface area contributed by atoms with Crippen LogP contribution >= 0.6 is 11.8 Å². The molecule has 0 aromatic carbocycles. The molecule has 0 heterocycles. The van der Waals surface area contributed by atoms with Gasteiger partial charge in [-0.3, -0.25) is 0 Å². The lowest BCUT2D eigenvalue weighted by atomic mass is 10.5. The summed E-state index contributed by atoms with van der Waals surface area (Å²) in [5.74, 6) is 2.08. The minimum atomic E-state index is 0.370. The van der Waals surface area contributed by atoms with Gasteiger partial charge in [0.25, 0.3) is 0 Å². The lowest BCUT2D eigenvalue weighted by Gasteiger charge is -2.06. The van der Waals surface area contributed by atoms with Crippen molar-refractivity contribution in [3.05, 3.63) is 12.7 Å². The fraction of sp³-hybridized carbons (Fsp3) is 0.714. The standard InChI is InChI=1S/C7H14OS/c1-4-5-9-6-7(2)8-3/h4,7H,1,5-6H2,2-3H3. The van der Waals surface area contributed by atoms with Crippen LogP contribution in [0, 0.1) is 0 Å². The molecule has 1 nitrogen and oxygen atoms in total. The van der Waals surface area contributed by atoms with Crippen LogP contribution in [0.1, 0.15) is 6.92 Å². The molecule has 0 aliphatic heterocycles. The van der Waals surface area contributed by atoms with Crippen molar-refractivity contribution >= 4 is 11.8 Å². The van der Waals surface area contributed by atoms with E-state index in [1.54, 1.807) is 7.11 Å². The molecule has 2 heteroatoms. The van der Waals surface area contributed by atoms with Crippen LogP contribution in [0.3, 0.4) is 0 Å². The zero-order chi connectivity index (χ0) is 7.11. The minimum Gasteiger partial charge on any atom is -0.381 e.